The van der Waals surface area contributed by atoms with Gasteiger partial charge in [-0.25, -0.2) is 19.6 Å². The second-order valence-electron chi connectivity index (χ2n) is 10.2. The van der Waals surface area contributed by atoms with Crippen LogP contribution < -0.4 is 15.0 Å². The minimum absolute atomic E-state index is 0.279. The molecule has 2 atom stereocenters. The maximum absolute atomic E-state index is 12.4. The molecule has 0 bridgehead atoms. The average molecular weight is 594 g/mol. The van der Waals surface area contributed by atoms with E-state index in [9.17, 15) is 18.3 Å². The first kappa shape index (κ1) is 27.8. The van der Waals surface area contributed by atoms with Gasteiger partial charge in [0.15, 0.2) is 11.3 Å². The number of hydrogen-bond donors (Lipinski definition) is 2. The summed E-state index contributed by atoms with van der Waals surface area (Å²) in [5.74, 6) is 1.07. The Morgan fingerprint density at radius 1 is 1.05 bits per heavy atom. The summed E-state index contributed by atoms with van der Waals surface area (Å²) in [5.41, 5.74) is 3.75. The summed E-state index contributed by atoms with van der Waals surface area (Å²) in [6.07, 6.45) is -1.56. The number of para-hydroxylation sites is 1. The molecular weight excluding hydrogens is 567 g/mol. The number of ether oxygens (including phenoxy) is 1. The third-order valence-corrected chi connectivity index (χ3v) is 8.22. The van der Waals surface area contributed by atoms with Crippen molar-refractivity contribution in [3.63, 3.8) is 0 Å². The van der Waals surface area contributed by atoms with E-state index in [0.717, 1.165) is 27.8 Å². The number of halogens is 3. The number of nitrogens with one attached hydrogen (secondary N) is 1. The molecule has 3 aromatic carbocycles. The first-order valence-corrected chi connectivity index (χ1v) is 14.0. The van der Waals surface area contributed by atoms with Crippen molar-refractivity contribution in [2.75, 3.05) is 16.0 Å². The lowest BCUT2D eigenvalue weighted by Gasteiger charge is -2.37. The summed E-state index contributed by atoms with van der Waals surface area (Å²) in [6.45, 7) is 5.87. The molecule has 9 nitrogen and oxygen atoms in total. The van der Waals surface area contributed by atoms with E-state index in [4.69, 9.17) is 4.98 Å². The first-order valence-electron chi connectivity index (χ1n) is 13.0. The van der Waals surface area contributed by atoms with Crippen LogP contribution in [0.5, 0.6) is 5.75 Å². The maximum atomic E-state index is 12.4. The summed E-state index contributed by atoms with van der Waals surface area (Å²) in [4.78, 5) is 15.6. The molecule has 2 N–H and O–H groups in total. The van der Waals surface area contributed by atoms with Gasteiger partial charge in [-0.3, -0.25) is 0 Å². The zero-order valence-electron chi connectivity index (χ0n) is 22.8. The number of rotatable bonds is 6. The molecule has 2 unspecified atom stereocenters. The van der Waals surface area contributed by atoms with E-state index < -0.39 is 12.1 Å². The molecule has 1 fully saturated rings. The van der Waals surface area contributed by atoms with Gasteiger partial charge in [0.1, 0.15) is 17.8 Å². The Balaban J connectivity index is 1.21. The van der Waals surface area contributed by atoms with Gasteiger partial charge >= 0.3 is 6.36 Å². The predicted molar refractivity (Wildman–Crippen MR) is 155 cm³/mol. The normalized spacial score (nSPS) is 18.9. The molecule has 6 rings (SSSR count). The predicted octanol–water partition coefficient (Wildman–Crippen LogP) is 6.05. The maximum Gasteiger partial charge on any atom is 0.573 e. The molecule has 1 saturated heterocycles. The Bertz CT molecular complexity index is 1740. The lowest BCUT2D eigenvalue weighted by atomic mass is 10.1. The number of anilines is 2. The fourth-order valence-corrected chi connectivity index (χ4v) is 6.24. The van der Waals surface area contributed by atoms with Crippen LogP contribution in [0.2, 0.25) is 0 Å². The SMILES string of the molecule is Cc1cccc(C)c1N1C(Nc2ncc3cc(-c4ncn(-c5ccc(OC(F)(F)F)cc5)n4)ccc3n2)SCC1(C)O. The molecule has 3 heterocycles. The molecule has 0 spiro atoms. The number of aliphatic hydroxyl groups is 1. The van der Waals surface area contributed by atoms with E-state index in [1.165, 1.54) is 35.3 Å². The Hall–Kier alpha value is -4.36. The summed E-state index contributed by atoms with van der Waals surface area (Å²) >= 11 is 1.58. The Labute approximate surface area is 243 Å². The molecule has 13 heteroatoms. The van der Waals surface area contributed by atoms with Crippen molar-refractivity contribution in [3.8, 4) is 22.8 Å². The number of nitrogens with zero attached hydrogens (tertiary/aromatic N) is 6. The molecule has 0 radical (unpaired) electrons. The number of hydrogen-bond acceptors (Lipinski definition) is 9. The van der Waals surface area contributed by atoms with E-state index in [1.807, 2.05) is 62.1 Å². The zero-order chi connectivity index (χ0) is 29.6. The van der Waals surface area contributed by atoms with Gasteiger partial charge in [-0.05, 0) is 74.4 Å². The van der Waals surface area contributed by atoms with Crippen molar-refractivity contribution in [1.82, 2.24) is 24.7 Å². The van der Waals surface area contributed by atoms with Crippen LogP contribution >= 0.6 is 11.8 Å². The van der Waals surface area contributed by atoms with Gasteiger partial charge in [-0.1, -0.05) is 18.2 Å². The van der Waals surface area contributed by atoms with Crippen molar-refractivity contribution < 1.29 is 23.0 Å². The quantitative estimate of drug-likeness (QED) is 0.244. The summed E-state index contributed by atoms with van der Waals surface area (Å²) < 4.78 is 42.7. The van der Waals surface area contributed by atoms with Crippen molar-refractivity contribution in [3.05, 3.63) is 84.3 Å². The lowest BCUT2D eigenvalue weighted by Crippen LogP contribution is -2.49. The number of aryl methyl sites for hydroxylation is 2. The second kappa shape index (κ2) is 10.5. The Morgan fingerprint density at radius 2 is 1.79 bits per heavy atom. The first-order chi connectivity index (χ1) is 20.0. The highest BCUT2D eigenvalue weighted by Crippen LogP contribution is 2.42. The minimum atomic E-state index is -4.75. The van der Waals surface area contributed by atoms with E-state index in [-0.39, 0.29) is 11.2 Å². The van der Waals surface area contributed by atoms with Crippen molar-refractivity contribution in [2.24, 2.45) is 0 Å². The minimum Gasteiger partial charge on any atom is -0.406 e. The number of benzene rings is 3. The summed E-state index contributed by atoms with van der Waals surface area (Å²) in [6, 6.07) is 17.0. The fraction of sp³-hybridized carbons (Fsp3) is 0.241. The number of alkyl halides is 3. The monoisotopic (exact) mass is 593 g/mol. The molecule has 216 valence electrons. The fourth-order valence-electron chi connectivity index (χ4n) is 4.96. The molecule has 1 aliphatic rings. The van der Waals surface area contributed by atoms with E-state index in [1.54, 1.807) is 18.0 Å². The summed E-state index contributed by atoms with van der Waals surface area (Å²) in [5, 5.41) is 19.8. The summed E-state index contributed by atoms with van der Waals surface area (Å²) in [7, 11) is 0. The van der Waals surface area contributed by atoms with E-state index >= 15 is 0 Å². The average Bonchev–Trinajstić information content (AvgIpc) is 3.53. The van der Waals surface area contributed by atoms with Crippen LogP contribution in [0.15, 0.2) is 73.2 Å². The van der Waals surface area contributed by atoms with Crippen LogP contribution in [0.3, 0.4) is 0 Å². The molecule has 0 aliphatic carbocycles. The van der Waals surface area contributed by atoms with E-state index in [0.29, 0.717) is 28.7 Å². The van der Waals surface area contributed by atoms with Crippen molar-refractivity contribution in [1.29, 1.82) is 0 Å². The van der Waals surface area contributed by atoms with Gasteiger partial charge in [-0.15, -0.1) is 30.0 Å². The number of fused-ring (bicyclic) bond motifs is 1. The zero-order valence-corrected chi connectivity index (χ0v) is 23.6. The van der Waals surface area contributed by atoms with Crippen LogP contribution in [-0.2, 0) is 0 Å². The molecule has 42 heavy (non-hydrogen) atoms. The number of thioether (sulfide) groups is 1. The van der Waals surface area contributed by atoms with Crippen LogP contribution in [0.4, 0.5) is 24.8 Å². The van der Waals surface area contributed by atoms with Crippen molar-refractivity contribution in [2.45, 2.75) is 38.4 Å². The van der Waals surface area contributed by atoms with Gasteiger partial charge in [-0.2, -0.15) is 0 Å². The molecule has 2 aromatic heterocycles. The van der Waals surface area contributed by atoms with Crippen LogP contribution in [0, 0.1) is 13.8 Å². The van der Waals surface area contributed by atoms with E-state index in [2.05, 4.69) is 25.1 Å². The van der Waals surface area contributed by atoms with Gasteiger partial charge in [0.25, 0.3) is 0 Å². The largest absolute Gasteiger partial charge is 0.573 e. The van der Waals surface area contributed by atoms with Gasteiger partial charge in [0, 0.05) is 28.6 Å². The highest BCUT2D eigenvalue weighted by molar-refractivity contribution is 8.00. The second-order valence-corrected chi connectivity index (χ2v) is 11.2. The highest BCUT2D eigenvalue weighted by Gasteiger charge is 2.43. The van der Waals surface area contributed by atoms with Crippen LogP contribution in [0.25, 0.3) is 28.0 Å². The standard InChI is InChI=1S/C29H26F3N7O2S/c1-17-5-4-6-18(2)24(17)39-27(42-15-28(39,3)40)36-26-33-14-20-13-19(7-12-23(20)35-26)25-34-16-38(37-25)21-8-10-22(11-9-21)41-29(30,31)32/h4-14,16,27,40H,15H2,1-3H3,(H,33,35,36). The third-order valence-electron chi connectivity index (χ3n) is 6.87. The topological polar surface area (TPSA) is 101 Å². The highest BCUT2D eigenvalue weighted by atomic mass is 32.2. The van der Waals surface area contributed by atoms with Gasteiger partial charge < -0.3 is 20.1 Å². The van der Waals surface area contributed by atoms with Gasteiger partial charge in [0.2, 0.25) is 5.95 Å². The third kappa shape index (κ3) is 5.57. The molecule has 1 aliphatic heterocycles. The molecule has 0 amide bonds. The molecule has 0 saturated carbocycles. The Kier molecular flexibility index (Phi) is 6.93. The number of aromatic nitrogens is 5. The smallest absolute Gasteiger partial charge is 0.406 e. The Morgan fingerprint density at radius 3 is 2.50 bits per heavy atom. The van der Waals surface area contributed by atoms with Crippen LogP contribution in [-0.4, -0.2) is 53.2 Å². The van der Waals surface area contributed by atoms with Gasteiger partial charge in [0.05, 0.1) is 11.2 Å². The lowest BCUT2D eigenvalue weighted by molar-refractivity contribution is -0.274. The van der Waals surface area contributed by atoms with Crippen LogP contribution in [0.1, 0.15) is 18.1 Å². The molecular formula is C29H26F3N7O2S. The van der Waals surface area contributed by atoms with Crippen molar-refractivity contribution >= 4 is 34.3 Å². The molecule has 5 aromatic rings.